The molecule has 0 amide bonds. The number of methoxy groups -OCH3 is 1. The number of carbonyl (C=O) groups is 2. The number of carbonyl (C=O) groups excluding carboxylic acids is 2. The fourth-order valence-electron chi connectivity index (χ4n) is 4.68. The first kappa shape index (κ1) is 26.1. The third-order valence-corrected chi connectivity index (χ3v) is 6.41. The van der Waals surface area contributed by atoms with Gasteiger partial charge in [0.05, 0.1) is 13.2 Å². The quantitative estimate of drug-likeness (QED) is 0.229. The molecule has 1 aliphatic carbocycles. The second-order valence-electron chi connectivity index (χ2n) is 8.87. The van der Waals surface area contributed by atoms with Gasteiger partial charge >= 0.3 is 11.9 Å². The van der Waals surface area contributed by atoms with Crippen LogP contribution in [-0.4, -0.2) is 30.3 Å². The maximum absolute atomic E-state index is 11.6. The molecule has 1 aliphatic rings. The molecule has 5 nitrogen and oxygen atoms in total. The lowest BCUT2D eigenvalue weighted by molar-refractivity contribution is -0.147. The highest BCUT2D eigenvalue weighted by Gasteiger charge is 2.35. The molecular formula is C27H40O5. The molecule has 0 saturated heterocycles. The Hall–Kier alpha value is -2.14. The molecule has 0 aliphatic heterocycles. The molecule has 0 spiro atoms. The van der Waals surface area contributed by atoms with Gasteiger partial charge in [0.15, 0.2) is 0 Å². The van der Waals surface area contributed by atoms with Crippen LogP contribution in [0.2, 0.25) is 0 Å². The summed E-state index contributed by atoms with van der Waals surface area (Å²) in [7, 11) is 1.42. The van der Waals surface area contributed by atoms with E-state index >= 15 is 0 Å². The SMILES string of the molecule is CCCCCC(OC(C)=O)c1ccc(C2C(O)CCC2C/C=C\CCCC(=O)OC)cc1. The Morgan fingerprint density at radius 2 is 1.88 bits per heavy atom. The predicted molar refractivity (Wildman–Crippen MR) is 126 cm³/mol. The zero-order chi connectivity index (χ0) is 23.3. The van der Waals surface area contributed by atoms with Crippen molar-refractivity contribution in [3.05, 3.63) is 47.5 Å². The normalized spacial score (nSPS) is 21.6. The van der Waals surface area contributed by atoms with Crippen molar-refractivity contribution >= 4 is 11.9 Å². The van der Waals surface area contributed by atoms with Crippen LogP contribution in [-0.2, 0) is 19.1 Å². The van der Waals surface area contributed by atoms with E-state index in [0.29, 0.717) is 12.3 Å². The fourth-order valence-corrected chi connectivity index (χ4v) is 4.68. The molecule has 178 valence electrons. The van der Waals surface area contributed by atoms with Crippen molar-refractivity contribution in [3.8, 4) is 0 Å². The van der Waals surface area contributed by atoms with Crippen molar-refractivity contribution in [1.29, 1.82) is 0 Å². The van der Waals surface area contributed by atoms with Crippen LogP contribution in [0.5, 0.6) is 0 Å². The molecule has 1 saturated carbocycles. The van der Waals surface area contributed by atoms with Gasteiger partial charge in [0.25, 0.3) is 0 Å². The van der Waals surface area contributed by atoms with Crippen molar-refractivity contribution in [2.24, 2.45) is 5.92 Å². The zero-order valence-electron chi connectivity index (χ0n) is 19.9. The van der Waals surface area contributed by atoms with E-state index < -0.39 is 0 Å². The lowest BCUT2D eigenvalue weighted by atomic mass is 9.85. The van der Waals surface area contributed by atoms with Crippen LogP contribution in [0.25, 0.3) is 0 Å². The Kier molecular flexibility index (Phi) is 11.5. The first-order chi connectivity index (χ1) is 15.5. The molecule has 1 N–H and O–H groups in total. The van der Waals surface area contributed by atoms with Crippen LogP contribution in [0.1, 0.15) is 101 Å². The summed E-state index contributed by atoms with van der Waals surface area (Å²) in [5.74, 6) is 0.111. The highest BCUT2D eigenvalue weighted by molar-refractivity contribution is 5.69. The second kappa shape index (κ2) is 14.1. The van der Waals surface area contributed by atoms with Crippen molar-refractivity contribution in [2.75, 3.05) is 7.11 Å². The van der Waals surface area contributed by atoms with E-state index in [2.05, 4.69) is 48.1 Å². The number of esters is 2. The monoisotopic (exact) mass is 444 g/mol. The van der Waals surface area contributed by atoms with Gasteiger partial charge in [-0.15, -0.1) is 0 Å². The molecule has 4 unspecified atom stereocenters. The van der Waals surface area contributed by atoms with Gasteiger partial charge in [-0.1, -0.05) is 56.2 Å². The zero-order valence-corrected chi connectivity index (χ0v) is 19.9. The number of allylic oxidation sites excluding steroid dienone is 2. The predicted octanol–water partition coefficient (Wildman–Crippen LogP) is 6.02. The smallest absolute Gasteiger partial charge is 0.305 e. The van der Waals surface area contributed by atoms with E-state index in [9.17, 15) is 14.7 Å². The van der Waals surface area contributed by atoms with Crippen LogP contribution < -0.4 is 0 Å². The lowest BCUT2D eigenvalue weighted by Gasteiger charge is -2.23. The number of ether oxygens (including phenoxy) is 2. The van der Waals surface area contributed by atoms with Crippen LogP contribution in [0.15, 0.2) is 36.4 Å². The molecule has 4 atom stereocenters. The Bertz CT molecular complexity index is 724. The molecule has 0 radical (unpaired) electrons. The maximum atomic E-state index is 11.6. The van der Waals surface area contributed by atoms with Crippen molar-refractivity contribution in [3.63, 3.8) is 0 Å². The third kappa shape index (κ3) is 8.42. The van der Waals surface area contributed by atoms with Gasteiger partial charge in [-0.05, 0) is 62.0 Å². The summed E-state index contributed by atoms with van der Waals surface area (Å²) < 4.78 is 10.2. The molecule has 5 heteroatoms. The number of rotatable bonds is 13. The van der Waals surface area contributed by atoms with Crippen LogP contribution in [0.4, 0.5) is 0 Å². The first-order valence-corrected chi connectivity index (χ1v) is 12.1. The van der Waals surface area contributed by atoms with E-state index in [1.54, 1.807) is 0 Å². The second-order valence-corrected chi connectivity index (χ2v) is 8.87. The van der Waals surface area contributed by atoms with E-state index in [1.807, 2.05) is 0 Å². The average molecular weight is 445 g/mol. The first-order valence-electron chi connectivity index (χ1n) is 12.1. The minimum Gasteiger partial charge on any atom is -0.469 e. The van der Waals surface area contributed by atoms with E-state index in [1.165, 1.54) is 14.0 Å². The summed E-state index contributed by atoms with van der Waals surface area (Å²) in [5.41, 5.74) is 2.17. The Labute approximate surface area is 193 Å². The standard InChI is InChI=1S/C27H40O5/c1-4-5-8-12-25(32-20(2)28)21-14-16-23(17-15-21)27-22(18-19-24(27)29)11-9-6-7-10-13-26(30)31-3/h6,9,14-17,22,24-25,27,29H,4-5,7-8,10-13,18-19H2,1-3H3/b9-6-. The molecule has 2 rings (SSSR count). The number of hydrogen-bond donors (Lipinski definition) is 1. The topological polar surface area (TPSA) is 72.8 Å². The number of aliphatic hydroxyl groups excluding tert-OH is 1. The Balaban J connectivity index is 1.97. The average Bonchev–Trinajstić information content (AvgIpc) is 3.15. The van der Waals surface area contributed by atoms with Crippen LogP contribution in [0.3, 0.4) is 0 Å². The highest BCUT2D eigenvalue weighted by atomic mass is 16.5. The molecule has 0 aromatic heterocycles. The third-order valence-electron chi connectivity index (χ3n) is 6.41. The van der Waals surface area contributed by atoms with Gasteiger partial charge in [-0.3, -0.25) is 9.59 Å². The van der Waals surface area contributed by atoms with Crippen LogP contribution in [0, 0.1) is 5.92 Å². The number of aliphatic hydroxyl groups is 1. The van der Waals surface area contributed by atoms with E-state index in [-0.39, 0.29) is 30.1 Å². The summed E-state index contributed by atoms with van der Waals surface area (Å²) in [6, 6.07) is 8.30. The van der Waals surface area contributed by atoms with Crippen molar-refractivity contribution in [2.45, 2.75) is 96.2 Å². The summed E-state index contributed by atoms with van der Waals surface area (Å²) in [6.07, 6.45) is 12.8. The van der Waals surface area contributed by atoms with Crippen molar-refractivity contribution in [1.82, 2.24) is 0 Å². The number of hydrogen-bond acceptors (Lipinski definition) is 5. The summed E-state index contributed by atoms with van der Waals surface area (Å²) in [4.78, 5) is 22.7. The van der Waals surface area contributed by atoms with Gasteiger partial charge in [-0.25, -0.2) is 0 Å². The number of unbranched alkanes of at least 4 members (excludes halogenated alkanes) is 3. The Morgan fingerprint density at radius 3 is 2.53 bits per heavy atom. The minimum atomic E-state index is -0.326. The molecule has 0 bridgehead atoms. The molecule has 1 aromatic rings. The molecular weight excluding hydrogens is 404 g/mol. The van der Waals surface area contributed by atoms with Gasteiger partial charge in [0.2, 0.25) is 0 Å². The largest absolute Gasteiger partial charge is 0.469 e. The summed E-state index contributed by atoms with van der Waals surface area (Å²) >= 11 is 0. The maximum Gasteiger partial charge on any atom is 0.305 e. The Morgan fingerprint density at radius 1 is 1.12 bits per heavy atom. The van der Waals surface area contributed by atoms with Gasteiger partial charge in [0, 0.05) is 19.3 Å². The summed E-state index contributed by atoms with van der Waals surface area (Å²) in [6.45, 7) is 3.63. The molecule has 0 heterocycles. The minimum absolute atomic E-state index is 0.121. The van der Waals surface area contributed by atoms with E-state index in [4.69, 9.17) is 4.74 Å². The molecule has 1 fully saturated rings. The summed E-state index contributed by atoms with van der Waals surface area (Å²) in [5, 5.41) is 10.6. The lowest BCUT2D eigenvalue weighted by Crippen LogP contribution is -2.17. The van der Waals surface area contributed by atoms with Gasteiger partial charge in [0.1, 0.15) is 6.10 Å². The van der Waals surface area contributed by atoms with Gasteiger partial charge < -0.3 is 14.6 Å². The van der Waals surface area contributed by atoms with Crippen molar-refractivity contribution < 1.29 is 24.2 Å². The highest BCUT2D eigenvalue weighted by Crippen LogP contribution is 2.42. The molecule has 1 aromatic carbocycles. The molecule has 32 heavy (non-hydrogen) atoms. The van der Waals surface area contributed by atoms with Gasteiger partial charge in [-0.2, -0.15) is 0 Å². The van der Waals surface area contributed by atoms with E-state index in [0.717, 1.165) is 68.9 Å². The fraction of sp³-hybridized carbons (Fsp3) is 0.630. The van der Waals surface area contributed by atoms with Crippen LogP contribution >= 0.6 is 0 Å². The number of benzene rings is 1.